The van der Waals surface area contributed by atoms with Crippen LogP contribution in [0.3, 0.4) is 0 Å². The Morgan fingerprint density at radius 2 is 1.93 bits per heavy atom. The van der Waals surface area contributed by atoms with E-state index in [1.165, 1.54) is 0 Å². The zero-order valence-electron chi connectivity index (χ0n) is 8.45. The maximum Gasteiger partial charge on any atom is 0.116 e. The predicted octanol–water partition coefficient (Wildman–Crippen LogP) is 2.11. The van der Waals surface area contributed by atoms with Crippen LogP contribution in [0.25, 0.3) is 0 Å². The van der Waals surface area contributed by atoms with Gasteiger partial charge in [-0.05, 0) is 44.7 Å². The van der Waals surface area contributed by atoms with Crippen molar-refractivity contribution in [3.05, 3.63) is 0 Å². The molecule has 0 aromatic rings. The topological polar surface area (TPSA) is 27.0 Å². The third-order valence-corrected chi connectivity index (χ3v) is 3.65. The Morgan fingerprint density at radius 1 is 1.21 bits per heavy atom. The Bertz CT molecular complexity index is 228. The number of rotatable bonds is 2. The van der Waals surface area contributed by atoms with Crippen LogP contribution in [0.2, 0.25) is 0 Å². The van der Waals surface area contributed by atoms with Crippen molar-refractivity contribution in [2.45, 2.75) is 44.3 Å². The van der Waals surface area contributed by atoms with Gasteiger partial charge in [-0.1, -0.05) is 0 Å². The lowest BCUT2D eigenvalue weighted by Gasteiger charge is -2.43. The maximum absolute atomic E-state index is 13.1. The molecule has 2 nitrogen and oxygen atoms in total. The van der Waals surface area contributed by atoms with Crippen molar-refractivity contribution in [2.24, 2.45) is 5.92 Å². The van der Waals surface area contributed by atoms with Crippen LogP contribution in [0.4, 0.5) is 4.39 Å². The molecule has 14 heavy (non-hydrogen) atoms. The van der Waals surface area contributed by atoms with Crippen molar-refractivity contribution in [2.75, 3.05) is 13.1 Å². The zero-order chi connectivity index (χ0) is 9.97. The fourth-order valence-corrected chi connectivity index (χ4v) is 2.47. The summed E-state index contributed by atoms with van der Waals surface area (Å²) in [5, 5.41) is 8.57. The predicted molar refractivity (Wildman–Crippen MR) is 52.4 cm³/mol. The average Bonchev–Trinajstić information content (AvgIpc) is 2.19. The monoisotopic (exact) mass is 196 g/mol. The molecule has 2 fully saturated rings. The highest BCUT2D eigenvalue weighted by atomic mass is 19.1. The third-order valence-electron chi connectivity index (χ3n) is 3.65. The summed E-state index contributed by atoms with van der Waals surface area (Å²) in [6.07, 6.45) is 4.04. The van der Waals surface area contributed by atoms with E-state index in [-0.39, 0.29) is 6.04 Å². The number of nitriles is 1. The highest BCUT2D eigenvalue weighted by Crippen LogP contribution is 2.32. The third kappa shape index (κ3) is 1.90. The molecule has 1 saturated carbocycles. The number of alkyl halides is 1. The van der Waals surface area contributed by atoms with E-state index in [0.29, 0.717) is 12.3 Å². The highest BCUT2D eigenvalue weighted by molar-refractivity contribution is 4.91. The molecule has 0 aromatic heterocycles. The summed E-state index contributed by atoms with van der Waals surface area (Å²) in [5.74, 6) is 0.564. The van der Waals surface area contributed by atoms with Gasteiger partial charge in [0.2, 0.25) is 0 Å². The van der Waals surface area contributed by atoms with Crippen LogP contribution < -0.4 is 0 Å². The van der Waals surface area contributed by atoms with Gasteiger partial charge in [-0.2, -0.15) is 5.26 Å². The second-order valence-electron chi connectivity index (χ2n) is 4.50. The fourth-order valence-electron chi connectivity index (χ4n) is 2.47. The number of likely N-dealkylation sites (tertiary alicyclic amines) is 1. The molecule has 0 aromatic carbocycles. The molecule has 0 N–H and O–H groups in total. The van der Waals surface area contributed by atoms with Crippen molar-refractivity contribution in [3.63, 3.8) is 0 Å². The van der Waals surface area contributed by atoms with E-state index in [4.69, 9.17) is 5.26 Å². The summed E-state index contributed by atoms with van der Waals surface area (Å²) < 4.78 is 13.1. The van der Waals surface area contributed by atoms with Crippen molar-refractivity contribution in [3.8, 4) is 6.07 Å². The SMILES string of the molecule is N#CCC1CCN(C2CCC2F)CC1. The molecular weight excluding hydrogens is 179 g/mol. The number of piperidine rings is 1. The summed E-state index contributed by atoms with van der Waals surface area (Å²) in [5.41, 5.74) is 0. The summed E-state index contributed by atoms with van der Waals surface area (Å²) in [7, 11) is 0. The molecule has 0 radical (unpaired) electrons. The van der Waals surface area contributed by atoms with Gasteiger partial charge in [0.25, 0.3) is 0 Å². The Morgan fingerprint density at radius 3 is 2.36 bits per heavy atom. The lowest BCUT2D eigenvalue weighted by Crippen LogP contribution is -2.51. The number of hydrogen-bond donors (Lipinski definition) is 0. The molecule has 78 valence electrons. The molecule has 2 aliphatic rings. The van der Waals surface area contributed by atoms with Gasteiger partial charge in [0.1, 0.15) is 6.17 Å². The van der Waals surface area contributed by atoms with Gasteiger partial charge >= 0.3 is 0 Å². The highest BCUT2D eigenvalue weighted by Gasteiger charge is 2.36. The lowest BCUT2D eigenvalue weighted by atomic mass is 9.85. The molecule has 1 heterocycles. The van der Waals surface area contributed by atoms with E-state index >= 15 is 0 Å². The Hall–Kier alpha value is -0.620. The van der Waals surface area contributed by atoms with Crippen LogP contribution in [-0.4, -0.2) is 30.2 Å². The van der Waals surface area contributed by atoms with E-state index in [1.54, 1.807) is 0 Å². The number of hydrogen-bond acceptors (Lipinski definition) is 2. The molecule has 1 saturated heterocycles. The van der Waals surface area contributed by atoms with Gasteiger partial charge in [-0.3, -0.25) is 4.90 Å². The number of halogens is 1. The van der Waals surface area contributed by atoms with Crippen LogP contribution >= 0.6 is 0 Å². The molecule has 2 unspecified atom stereocenters. The minimum atomic E-state index is -0.581. The fraction of sp³-hybridized carbons (Fsp3) is 0.909. The van der Waals surface area contributed by atoms with Crippen LogP contribution in [0.5, 0.6) is 0 Å². The van der Waals surface area contributed by atoms with Crippen molar-refractivity contribution >= 4 is 0 Å². The molecule has 0 spiro atoms. The van der Waals surface area contributed by atoms with Crippen LogP contribution in [0.15, 0.2) is 0 Å². The first-order valence-electron chi connectivity index (χ1n) is 5.56. The summed E-state index contributed by atoms with van der Waals surface area (Å²) >= 11 is 0. The van der Waals surface area contributed by atoms with Crippen molar-refractivity contribution in [1.82, 2.24) is 4.90 Å². The Balaban J connectivity index is 1.76. The summed E-state index contributed by atoms with van der Waals surface area (Å²) in [6, 6.07) is 2.43. The molecule has 0 bridgehead atoms. The van der Waals surface area contributed by atoms with Gasteiger partial charge in [0, 0.05) is 12.5 Å². The first-order chi connectivity index (χ1) is 6.81. The van der Waals surface area contributed by atoms with E-state index in [1.807, 2.05) is 0 Å². The normalized spacial score (nSPS) is 34.9. The van der Waals surface area contributed by atoms with Crippen LogP contribution in [0, 0.1) is 17.2 Å². The Kier molecular flexibility index (Phi) is 3.02. The van der Waals surface area contributed by atoms with Gasteiger partial charge in [0.05, 0.1) is 6.07 Å². The molecular formula is C11H17FN2. The van der Waals surface area contributed by atoms with Gasteiger partial charge in [0.15, 0.2) is 0 Å². The summed E-state index contributed by atoms with van der Waals surface area (Å²) in [6.45, 7) is 1.99. The quantitative estimate of drug-likeness (QED) is 0.676. The van der Waals surface area contributed by atoms with Crippen LogP contribution in [-0.2, 0) is 0 Å². The molecule has 1 aliphatic carbocycles. The molecule has 2 rings (SSSR count). The zero-order valence-corrected chi connectivity index (χ0v) is 8.45. The smallest absolute Gasteiger partial charge is 0.116 e. The minimum absolute atomic E-state index is 0.207. The van der Waals surface area contributed by atoms with E-state index in [0.717, 1.165) is 38.8 Å². The number of nitrogens with zero attached hydrogens (tertiary/aromatic N) is 2. The van der Waals surface area contributed by atoms with Crippen molar-refractivity contribution < 1.29 is 4.39 Å². The minimum Gasteiger partial charge on any atom is -0.297 e. The average molecular weight is 196 g/mol. The van der Waals surface area contributed by atoms with Gasteiger partial charge in [-0.25, -0.2) is 4.39 Å². The van der Waals surface area contributed by atoms with E-state index < -0.39 is 6.17 Å². The lowest BCUT2D eigenvalue weighted by molar-refractivity contribution is 0.0141. The molecule has 1 aliphatic heterocycles. The van der Waals surface area contributed by atoms with Gasteiger partial charge in [-0.15, -0.1) is 0 Å². The van der Waals surface area contributed by atoms with Crippen molar-refractivity contribution in [1.29, 1.82) is 5.26 Å². The van der Waals surface area contributed by atoms with Crippen LogP contribution in [0.1, 0.15) is 32.1 Å². The largest absolute Gasteiger partial charge is 0.297 e. The van der Waals surface area contributed by atoms with Gasteiger partial charge < -0.3 is 0 Å². The first-order valence-corrected chi connectivity index (χ1v) is 5.56. The maximum atomic E-state index is 13.1. The summed E-state index contributed by atoms with van der Waals surface area (Å²) in [4.78, 5) is 2.28. The first kappa shape index (κ1) is 9.92. The second kappa shape index (κ2) is 4.27. The molecule has 2 atom stereocenters. The molecule has 3 heteroatoms. The Labute approximate surface area is 84.7 Å². The van der Waals surface area contributed by atoms with E-state index in [9.17, 15) is 4.39 Å². The standard InChI is InChI=1S/C11H17FN2/c12-10-1-2-11(10)14-7-4-9(3-6-13)5-8-14/h9-11H,1-5,7-8H2. The van der Waals surface area contributed by atoms with E-state index in [2.05, 4.69) is 11.0 Å². The second-order valence-corrected chi connectivity index (χ2v) is 4.50. The molecule has 0 amide bonds.